The molecule has 6 nitrogen and oxygen atoms in total. The van der Waals surface area contributed by atoms with E-state index in [4.69, 9.17) is 9.26 Å². The molecule has 2 N–H and O–H groups in total. The van der Waals surface area contributed by atoms with Crippen molar-refractivity contribution in [3.63, 3.8) is 0 Å². The maximum atomic E-state index is 5.88. The number of benzene rings is 1. The second-order valence-corrected chi connectivity index (χ2v) is 6.29. The Labute approximate surface area is 149 Å². The number of ether oxygens (including phenoxy) is 1. The van der Waals surface area contributed by atoms with Gasteiger partial charge in [-0.15, -0.1) is 0 Å². The number of hydrogen-bond donors (Lipinski definition) is 2. The van der Waals surface area contributed by atoms with Gasteiger partial charge in [-0.2, -0.15) is 0 Å². The molecule has 0 fully saturated rings. The van der Waals surface area contributed by atoms with E-state index in [2.05, 4.69) is 60.6 Å². The number of para-hydroxylation sites is 1. The predicted molar refractivity (Wildman–Crippen MR) is 100 cm³/mol. The van der Waals surface area contributed by atoms with E-state index in [0.717, 1.165) is 28.3 Å². The molecule has 2 aromatic rings. The van der Waals surface area contributed by atoms with E-state index in [1.165, 1.54) is 0 Å². The summed E-state index contributed by atoms with van der Waals surface area (Å²) < 4.78 is 11.2. The molecule has 0 atom stereocenters. The molecule has 136 valence electrons. The number of rotatable bonds is 7. The predicted octanol–water partition coefficient (Wildman–Crippen LogP) is 3.16. The van der Waals surface area contributed by atoms with Crippen LogP contribution in [0.2, 0.25) is 0 Å². The third-order valence-corrected chi connectivity index (χ3v) is 3.87. The lowest BCUT2D eigenvalue weighted by atomic mass is 10.1. The molecule has 0 saturated carbocycles. The maximum absolute atomic E-state index is 5.88. The van der Waals surface area contributed by atoms with Gasteiger partial charge in [0.2, 0.25) is 0 Å². The van der Waals surface area contributed by atoms with E-state index >= 15 is 0 Å². The monoisotopic (exact) mass is 344 g/mol. The smallest absolute Gasteiger partial charge is 0.191 e. The topological polar surface area (TPSA) is 71.7 Å². The van der Waals surface area contributed by atoms with Crippen LogP contribution in [0.3, 0.4) is 0 Å². The Hall–Kier alpha value is -2.50. The first-order chi connectivity index (χ1) is 12.0. The van der Waals surface area contributed by atoms with Gasteiger partial charge in [0, 0.05) is 13.1 Å². The Balaban J connectivity index is 1.75. The molecule has 0 aliphatic heterocycles. The summed E-state index contributed by atoms with van der Waals surface area (Å²) in [6.45, 7) is 10.0. The molecular formula is C19H28N4O2. The van der Waals surface area contributed by atoms with Crippen LogP contribution in [0.1, 0.15) is 42.3 Å². The van der Waals surface area contributed by atoms with Gasteiger partial charge < -0.3 is 19.9 Å². The second-order valence-electron chi connectivity index (χ2n) is 6.29. The molecule has 1 heterocycles. The van der Waals surface area contributed by atoms with Crippen molar-refractivity contribution in [3.8, 4) is 5.75 Å². The standard InChI is InChI=1S/C19H28N4O2/c1-13(2)17-11-16(25-23-17)12-22-19(20-5)21-9-10-24-18-14(3)7-6-8-15(18)4/h6-8,11,13H,9-10,12H2,1-5H3,(H2,20,21,22). The molecule has 0 aliphatic carbocycles. The molecule has 0 bridgehead atoms. The Kier molecular flexibility index (Phi) is 6.86. The molecule has 1 aromatic carbocycles. The minimum Gasteiger partial charge on any atom is -0.491 e. The molecule has 0 saturated heterocycles. The summed E-state index contributed by atoms with van der Waals surface area (Å²) in [5, 5.41) is 10.5. The van der Waals surface area contributed by atoms with E-state index in [0.29, 0.717) is 31.6 Å². The van der Waals surface area contributed by atoms with Crippen LogP contribution in [-0.2, 0) is 6.54 Å². The Morgan fingerprint density at radius 2 is 1.96 bits per heavy atom. The summed E-state index contributed by atoms with van der Waals surface area (Å²) >= 11 is 0. The van der Waals surface area contributed by atoms with Gasteiger partial charge in [0.1, 0.15) is 12.4 Å². The average Bonchev–Trinajstić information content (AvgIpc) is 3.05. The third-order valence-electron chi connectivity index (χ3n) is 3.87. The van der Waals surface area contributed by atoms with Gasteiger partial charge in [0.15, 0.2) is 11.7 Å². The number of nitrogens with zero attached hydrogens (tertiary/aromatic N) is 2. The fraction of sp³-hybridized carbons (Fsp3) is 0.474. The zero-order chi connectivity index (χ0) is 18.2. The van der Waals surface area contributed by atoms with Crippen molar-refractivity contribution in [1.82, 2.24) is 15.8 Å². The molecule has 0 unspecified atom stereocenters. The van der Waals surface area contributed by atoms with Crippen molar-refractivity contribution in [1.29, 1.82) is 0 Å². The molecule has 0 spiro atoms. The van der Waals surface area contributed by atoms with Crippen LogP contribution >= 0.6 is 0 Å². The van der Waals surface area contributed by atoms with Crippen molar-refractivity contribution in [2.75, 3.05) is 20.2 Å². The number of guanidine groups is 1. The highest BCUT2D eigenvalue weighted by atomic mass is 16.5. The maximum Gasteiger partial charge on any atom is 0.191 e. The van der Waals surface area contributed by atoms with E-state index in [9.17, 15) is 0 Å². The first kappa shape index (κ1) is 18.8. The highest BCUT2D eigenvalue weighted by Gasteiger charge is 2.08. The highest BCUT2D eigenvalue weighted by molar-refractivity contribution is 5.79. The summed E-state index contributed by atoms with van der Waals surface area (Å²) in [5.41, 5.74) is 3.25. The first-order valence-electron chi connectivity index (χ1n) is 8.60. The molecule has 0 amide bonds. The summed E-state index contributed by atoms with van der Waals surface area (Å²) in [6.07, 6.45) is 0. The van der Waals surface area contributed by atoms with Gasteiger partial charge >= 0.3 is 0 Å². The molecule has 1 aromatic heterocycles. The number of aryl methyl sites for hydroxylation is 2. The SMILES string of the molecule is CN=C(NCCOc1c(C)cccc1C)NCc1cc(C(C)C)no1. The van der Waals surface area contributed by atoms with Crippen molar-refractivity contribution < 1.29 is 9.26 Å². The van der Waals surface area contributed by atoms with Gasteiger partial charge in [-0.1, -0.05) is 37.2 Å². The second kappa shape index (κ2) is 9.11. The first-order valence-corrected chi connectivity index (χ1v) is 8.60. The van der Waals surface area contributed by atoms with Crippen LogP contribution in [0.15, 0.2) is 33.8 Å². The van der Waals surface area contributed by atoms with E-state index in [-0.39, 0.29) is 0 Å². The molecule has 25 heavy (non-hydrogen) atoms. The number of aromatic nitrogens is 1. The summed E-state index contributed by atoms with van der Waals surface area (Å²) in [7, 11) is 1.74. The van der Waals surface area contributed by atoms with Crippen LogP contribution in [0.25, 0.3) is 0 Å². The lowest BCUT2D eigenvalue weighted by Crippen LogP contribution is -2.38. The lowest BCUT2D eigenvalue weighted by molar-refractivity contribution is 0.317. The van der Waals surface area contributed by atoms with Crippen LogP contribution in [0, 0.1) is 13.8 Å². The van der Waals surface area contributed by atoms with E-state index in [1.807, 2.05) is 12.1 Å². The number of aliphatic imine (C=N–C) groups is 1. The van der Waals surface area contributed by atoms with Gasteiger partial charge in [-0.3, -0.25) is 4.99 Å². The van der Waals surface area contributed by atoms with Gasteiger partial charge in [-0.05, 0) is 30.9 Å². The lowest BCUT2D eigenvalue weighted by Gasteiger charge is -2.14. The van der Waals surface area contributed by atoms with Gasteiger partial charge in [0.25, 0.3) is 0 Å². The Morgan fingerprint density at radius 1 is 1.24 bits per heavy atom. The molecular weight excluding hydrogens is 316 g/mol. The van der Waals surface area contributed by atoms with Crippen LogP contribution in [0.4, 0.5) is 0 Å². The Morgan fingerprint density at radius 3 is 2.56 bits per heavy atom. The minimum absolute atomic E-state index is 0.358. The summed E-state index contributed by atoms with van der Waals surface area (Å²) in [6, 6.07) is 8.11. The minimum atomic E-state index is 0.358. The van der Waals surface area contributed by atoms with E-state index in [1.54, 1.807) is 7.05 Å². The van der Waals surface area contributed by atoms with Crippen LogP contribution < -0.4 is 15.4 Å². The van der Waals surface area contributed by atoms with Crippen molar-refractivity contribution in [2.45, 2.75) is 40.2 Å². The number of hydrogen-bond acceptors (Lipinski definition) is 4. The van der Waals surface area contributed by atoms with Crippen LogP contribution in [0.5, 0.6) is 5.75 Å². The van der Waals surface area contributed by atoms with Crippen molar-refractivity contribution in [2.24, 2.45) is 4.99 Å². The highest BCUT2D eigenvalue weighted by Crippen LogP contribution is 2.21. The zero-order valence-electron chi connectivity index (χ0n) is 15.7. The summed E-state index contributed by atoms with van der Waals surface area (Å²) in [5.74, 6) is 2.80. The molecule has 2 rings (SSSR count). The number of nitrogens with one attached hydrogen (secondary N) is 2. The fourth-order valence-corrected chi connectivity index (χ4v) is 2.43. The average molecular weight is 344 g/mol. The van der Waals surface area contributed by atoms with Crippen LogP contribution in [-0.4, -0.2) is 31.3 Å². The molecule has 0 aliphatic rings. The fourth-order valence-electron chi connectivity index (χ4n) is 2.43. The molecule has 0 radical (unpaired) electrons. The Bertz CT molecular complexity index is 687. The zero-order valence-corrected chi connectivity index (χ0v) is 15.7. The molecule has 6 heteroatoms. The van der Waals surface area contributed by atoms with Crippen molar-refractivity contribution >= 4 is 5.96 Å². The summed E-state index contributed by atoms with van der Waals surface area (Å²) in [4.78, 5) is 4.20. The largest absolute Gasteiger partial charge is 0.491 e. The van der Waals surface area contributed by atoms with E-state index < -0.39 is 0 Å². The quantitative estimate of drug-likeness (QED) is 0.459. The van der Waals surface area contributed by atoms with Gasteiger partial charge in [-0.25, -0.2) is 0 Å². The van der Waals surface area contributed by atoms with Gasteiger partial charge in [0.05, 0.1) is 18.8 Å². The normalized spacial score (nSPS) is 11.7. The third kappa shape index (κ3) is 5.52. The van der Waals surface area contributed by atoms with Crippen molar-refractivity contribution in [3.05, 3.63) is 46.8 Å².